The summed E-state index contributed by atoms with van der Waals surface area (Å²) in [5.41, 5.74) is 0. The largest absolute Gasteiger partial charge is 0.377 e. The number of rotatable bonds is 2. The van der Waals surface area contributed by atoms with E-state index in [1.165, 1.54) is 6.42 Å². The molecule has 0 spiro atoms. The van der Waals surface area contributed by atoms with Gasteiger partial charge in [0.25, 0.3) is 0 Å². The van der Waals surface area contributed by atoms with E-state index in [9.17, 15) is 0 Å². The molecule has 1 unspecified atom stereocenters. The lowest BCUT2D eigenvalue weighted by atomic mass is 10.2. The van der Waals surface area contributed by atoms with E-state index in [1.54, 1.807) is 0 Å². The summed E-state index contributed by atoms with van der Waals surface area (Å²) in [6, 6.07) is 0. The third-order valence-electron chi connectivity index (χ3n) is 1.37. The molecule has 0 amide bonds. The van der Waals surface area contributed by atoms with Crippen LogP contribution < -0.4 is 5.32 Å². The normalized spacial score (nSPS) is 28.9. The second-order valence-corrected chi connectivity index (χ2v) is 2.04. The zero-order chi connectivity index (χ0) is 5.82. The van der Waals surface area contributed by atoms with E-state index in [4.69, 9.17) is 11.8 Å². The Morgan fingerprint density at radius 3 is 3.12 bits per heavy atom. The molecule has 0 aromatic carbocycles. The van der Waals surface area contributed by atoms with Crippen molar-refractivity contribution in [2.75, 3.05) is 13.2 Å². The van der Waals surface area contributed by atoms with Gasteiger partial charge in [-0.25, -0.2) is 0 Å². The van der Waals surface area contributed by atoms with Gasteiger partial charge in [0.15, 0.2) is 0 Å². The third-order valence-corrected chi connectivity index (χ3v) is 1.37. The van der Waals surface area contributed by atoms with Crippen molar-refractivity contribution < 1.29 is 4.74 Å². The third kappa shape index (κ3) is 1.46. The van der Waals surface area contributed by atoms with Crippen LogP contribution >= 0.6 is 0 Å². The van der Waals surface area contributed by atoms with Gasteiger partial charge in [0.1, 0.15) is 0 Å². The zero-order valence-electron chi connectivity index (χ0n) is 4.89. The predicted molar refractivity (Wildman–Crippen MR) is 31.3 cm³/mol. The summed E-state index contributed by atoms with van der Waals surface area (Å²) in [7, 11) is 5.08. The first kappa shape index (κ1) is 6.05. The van der Waals surface area contributed by atoms with E-state index in [2.05, 4.69) is 5.32 Å². The van der Waals surface area contributed by atoms with Gasteiger partial charge >= 0.3 is 0 Å². The molecular formula is C6H11NO. The van der Waals surface area contributed by atoms with E-state index in [0.717, 1.165) is 19.6 Å². The second-order valence-electron chi connectivity index (χ2n) is 2.04. The standard InChI is InChI=1S/C6H11NO/c1-7-5-6-3-2-4-8-6/h1,6-7H,2-5H2. The summed E-state index contributed by atoms with van der Waals surface area (Å²) in [6.07, 6.45) is 2.72. The Bertz CT molecular complexity index is 59.5. The molecule has 1 atom stereocenters. The van der Waals surface area contributed by atoms with Crippen molar-refractivity contribution in [3.05, 3.63) is 7.05 Å². The van der Waals surface area contributed by atoms with Crippen molar-refractivity contribution in [2.24, 2.45) is 0 Å². The number of nitrogens with one attached hydrogen (secondary N) is 1. The maximum atomic E-state index is 5.25. The van der Waals surface area contributed by atoms with Crippen LogP contribution in [-0.2, 0) is 4.74 Å². The summed E-state index contributed by atoms with van der Waals surface area (Å²) < 4.78 is 5.25. The molecule has 1 saturated heterocycles. The zero-order valence-corrected chi connectivity index (χ0v) is 4.89. The average molecular weight is 113 g/mol. The number of hydrogen-bond acceptors (Lipinski definition) is 2. The van der Waals surface area contributed by atoms with Crippen molar-refractivity contribution >= 4 is 0 Å². The number of ether oxygens (including phenoxy) is 1. The van der Waals surface area contributed by atoms with Crippen LogP contribution in [0, 0.1) is 7.05 Å². The van der Waals surface area contributed by atoms with Gasteiger partial charge in [-0.1, -0.05) is 0 Å². The van der Waals surface area contributed by atoms with E-state index >= 15 is 0 Å². The molecule has 0 bridgehead atoms. The van der Waals surface area contributed by atoms with Gasteiger partial charge in [0.2, 0.25) is 0 Å². The first-order chi connectivity index (χ1) is 3.93. The fourth-order valence-corrected chi connectivity index (χ4v) is 0.937. The maximum absolute atomic E-state index is 5.25. The van der Waals surface area contributed by atoms with Gasteiger partial charge in [-0.05, 0) is 12.8 Å². The van der Waals surface area contributed by atoms with Gasteiger partial charge in [0, 0.05) is 20.2 Å². The maximum Gasteiger partial charge on any atom is 0.0700 e. The van der Waals surface area contributed by atoms with Crippen LogP contribution in [-0.4, -0.2) is 19.3 Å². The van der Waals surface area contributed by atoms with E-state index in [-0.39, 0.29) is 0 Å². The fraction of sp³-hybridized carbons (Fsp3) is 0.833. The molecule has 0 aromatic heterocycles. The predicted octanol–water partition coefficient (Wildman–Crippen LogP) is 0.424. The average Bonchev–Trinajstić information content (AvgIpc) is 2.19. The summed E-state index contributed by atoms with van der Waals surface area (Å²) in [6.45, 7) is 1.70. The van der Waals surface area contributed by atoms with Crippen LogP contribution in [0.1, 0.15) is 12.8 Å². The topological polar surface area (TPSA) is 21.3 Å². The minimum Gasteiger partial charge on any atom is -0.377 e. The summed E-state index contributed by atoms with van der Waals surface area (Å²) >= 11 is 0. The molecule has 1 fully saturated rings. The van der Waals surface area contributed by atoms with E-state index < -0.39 is 0 Å². The van der Waals surface area contributed by atoms with Crippen LogP contribution in [0.4, 0.5) is 0 Å². The van der Waals surface area contributed by atoms with Crippen LogP contribution in [0.3, 0.4) is 0 Å². The molecule has 1 N–H and O–H groups in total. The molecule has 2 nitrogen and oxygen atoms in total. The Labute approximate surface area is 50.2 Å². The highest BCUT2D eigenvalue weighted by Gasteiger charge is 2.13. The van der Waals surface area contributed by atoms with Crippen LogP contribution in [0.25, 0.3) is 0 Å². The van der Waals surface area contributed by atoms with Crippen molar-refractivity contribution in [3.63, 3.8) is 0 Å². The van der Waals surface area contributed by atoms with Crippen LogP contribution in [0.5, 0.6) is 0 Å². The highest BCUT2D eigenvalue weighted by Crippen LogP contribution is 2.09. The van der Waals surface area contributed by atoms with Crippen molar-refractivity contribution in [3.8, 4) is 0 Å². The Morgan fingerprint density at radius 2 is 2.62 bits per heavy atom. The van der Waals surface area contributed by atoms with Crippen molar-refractivity contribution in [1.29, 1.82) is 0 Å². The molecular weight excluding hydrogens is 102 g/mol. The SMILES string of the molecule is [CH]NCC1CCCO1. The van der Waals surface area contributed by atoms with Gasteiger partial charge < -0.3 is 10.1 Å². The first-order valence-corrected chi connectivity index (χ1v) is 2.98. The highest BCUT2D eigenvalue weighted by atomic mass is 16.5. The molecule has 1 heterocycles. The van der Waals surface area contributed by atoms with Crippen LogP contribution in [0.15, 0.2) is 0 Å². The minimum absolute atomic E-state index is 0.375. The summed E-state index contributed by atoms with van der Waals surface area (Å²) in [5, 5.41) is 2.58. The monoisotopic (exact) mass is 113 g/mol. The van der Waals surface area contributed by atoms with E-state index in [0.29, 0.717) is 6.10 Å². The van der Waals surface area contributed by atoms with Crippen LogP contribution in [0.2, 0.25) is 0 Å². The lowest BCUT2D eigenvalue weighted by Gasteiger charge is -2.05. The quantitative estimate of drug-likeness (QED) is 0.524. The molecule has 0 aromatic rings. The van der Waals surface area contributed by atoms with Gasteiger partial charge in [-0.3, -0.25) is 0 Å². The molecule has 46 valence electrons. The fourth-order valence-electron chi connectivity index (χ4n) is 0.937. The Balaban J connectivity index is 2.06. The Morgan fingerprint density at radius 1 is 1.75 bits per heavy atom. The highest BCUT2D eigenvalue weighted by molar-refractivity contribution is 4.66. The number of hydrogen-bond donors (Lipinski definition) is 1. The molecule has 1 aliphatic rings. The molecule has 2 heteroatoms. The van der Waals surface area contributed by atoms with Gasteiger partial charge in [0.05, 0.1) is 6.10 Å². The molecule has 2 radical (unpaired) electrons. The molecule has 8 heavy (non-hydrogen) atoms. The van der Waals surface area contributed by atoms with Crippen molar-refractivity contribution in [2.45, 2.75) is 18.9 Å². The Kier molecular flexibility index (Phi) is 2.30. The minimum atomic E-state index is 0.375. The first-order valence-electron chi connectivity index (χ1n) is 2.98. The molecule has 1 aliphatic heterocycles. The lowest BCUT2D eigenvalue weighted by molar-refractivity contribution is 0.113. The molecule has 1 rings (SSSR count). The summed E-state index contributed by atoms with van der Waals surface area (Å²) in [4.78, 5) is 0. The summed E-state index contributed by atoms with van der Waals surface area (Å²) in [5.74, 6) is 0. The van der Waals surface area contributed by atoms with Gasteiger partial charge in [-0.15, -0.1) is 0 Å². The smallest absolute Gasteiger partial charge is 0.0700 e. The lowest BCUT2D eigenvalue weighted by Crippen LogP contribution is -2.20. The van der Waals surface area contributed by atoms with Crippen molar-refractivity contribution in [1.82, 2.24) is 5.32 Å². The molecule has 0 saturated carbocycles. The van der Waals surface area contributed by atoms with E-state index in [1.807, 2.05) is 0 Å². The second kappa shape index (κ2) is 3.05. The molecule has 0 aliphatic carbocycles. The Hall–Kier alpha value is -0.0800. The van der Waals surface area contributed by atoms with Gasteiger partial charge in [-0.2, -0.15) is 0 Å².